The topological polar surface area (TPSA) is 41.6 Å². The Bertz CT molecular complexity index is 314. The Kier molecular flexibility index (Phi) is 5.85. The summed E-state index contributed by atoms with van der Waals surface area (Å²) < 4.78 is 5.97. The molecule has 2 aliphatic rings. The maximum atomic E-state index is 12.3. The number of rotatable bonds is 6. The molecule has 1 saturated heterocycles. The second-order valence-corrected chi connectivity index (χ2v) is 6.48. The predicted octanol–water partition coefficient (Wildman–Crippen LogP) is 2.53. The lowest BCUT2D eigenvalue weighted by molar-refractivity contribution is -0.131. The molecule has 2 rings (SSSR count). The van der Waals surface area contributed by atoms with Crippen LogP contribution in [-0.4, -0.2) is 42.3 Å². The first-order chi connectivity index (χ1) is 9.63. The smallest absolute Gasteiger partial charge is 0.241 e. The van der Waals surface area contributed by atoms with E-state index in [4.69, 9.17) is 4.74 Å². The summed E-state index contributed by atoms with van der Waals surface area (Å²) in [7, 11) is 0. The van der Waals surface area contributed by atoms with Crippen LogP contribution >= 0.6 is 0 Å². The van der Waals surface area contributed by atoms with E-state index in [0.29, 0.717) is 18.6 Å². The minimum atomic E-state index is -0.00270. The summed E-state index contributed by atoms with van der Waals surface area (Å²) in [6, 6.07) is -0.00270. The Labute approximate surface area is 123 Å². The van der Waals surface area contributed by atoms with Gasteiger partial charge in [0.05, 0.1) is 24.9 Å². The highest BCUT2D eigenvalue weighted by atomic mass is 16.5. The van der Waals surface area contributed by atoms with Crippen molar-refractivity contribution in [3.63, 3.8) is 0 Å². The molecule has 116 valence electrons. The van der Waals surface area contributed by atoms with Crippen LogP contribution in [0.15, 0.2) is 0 Å². The summed E-state index contributed by atoms with van der Waals surface area (Å²) in [6.45, 7) is 7.80. The van der Waals surface area contributed by atoms with Gasteiger partial charge >= 0.3 is 0 Å². The van der Waals surface area contributed by atoms with Gasteiger partial charge in [-0.05, 0) is 25.2 Å². The van der Waals surface area contributed by atoms with E-state index in [1.54, 1.807) is 0 Å². The highest BCUT2D eigenvalue weighted by Gasteiger charge is 2.38. The third-order valence-corrected chi connectivity index (χ3v) is 4.57. The molecular formula is C16H30N2O2. The van der Waals surface area contributed by atoms with E-state index in [1.165, 1.54) is 32.1 Å². The lowest BCUT2D eigenvalue weighted by Crippen LogP contribution is -2.43. The normalized spacial score (nSPS) is 28.6. The fraction of sp³-hybridized carbons (Fsp3) is 0.938. The summed E-state index contributed by atoms with van der Waals surface area (Å²) >= 11 is 0. The van der Waals surface area contributed by atoms with Gasteiger partial charge in [-0.25, -0.2) is 0 Å². The maximum absolute atomic E-state index is 12.3. The molecule has 2 unspecified atom stereocenters. The van der Waals surface area contributed by atoms with Gasteiger partial charge in [0, 0.05) is 6.54 Å². The quantitative estimate of drug-likeness (QED) is 0.814. The van der Waals surface area contributed by atoms with Crippen molar-refractivity contribution in [2.75, 3.05) is 13.2 Å². The SMILES string of the molecule is CCC1NC(C(C)C)N(CCOC2CCCCC2)C1=O. The molecule has 0 aromatic heterocycles. The first kappa shape index (κ1) is 15.8. The zero-order chi connectivity index (χ0) is 14.5. The molecule has 1 N–H and O–H groups in total. The standard InChI is InChI=1S/C16H30N2O2/c1-4-14-16(19)18(15(17-14)12(2)3)10-11-20-13-8-6-5-7-9-13/h12-15,17H,4-11H2,1-3H3. The number of hydrogen-bond acceptors (Lipinski definition) is 3. The van der Waals surface area contributed by atoms with Gasteiger partial charge in [-0.3, -0.25) is 10.1 Å². The second-order valence-electron chi connectivity index (χ2n) is 6.48. The van der Waals surface area contributed by atoms with Crippen LogP contribution in [0.2, 0.25) is 0 Å². The van der Waals surface area contributed by atoms with Crippen molar-refractivity contribution >= 4 is 5.91 Å². The zero-order valence-corrected chi connectivity index (χ0v) is 13.2. The second kappa shape index (κ2) is 7.41. The molecule has 0 aromatic rings. The van der Waals surface area contributed by atoms with Gasteiger partial charge in [0.1, 0.15) is 0 Å². The fourth-order valence-electron chi connectivity index (χ4n) is 3.35. The predicted molar refractivity (Wildman–Crippen MR) is 80.4 cm³/mol. The van der Waals surface area contributed by atoms with Gasteiger partial charge in [0.2, 0.25) is 5.91 Å². The molecule has 4 nitrogen and oxygen atoms in total. The number of amides is 1. The maximum Gasteiger partial charge on any atom is 0.241 e. The number of nitrogens with zero attached hydrogens (tertiary/aromatic N) is 1. The highest BCUT2D eigenvalue weighted by Crippen LogP contribution is 2.22. The Hall–Kier alpha value is -0.610. The van der Waals surface area contributed by atoms with Crippen LogP contribution in [0.25, 0.3) is 0 Å². The van der Waals surface area contributed by atoms with Crippen LogP contribution in [0.3, 0.4) is 0 Å². The van der Waals surface area contributed by atoms with Crippen LogP contribution in [0.5, 0.6) is 0 Å². The molecule has 1 heterocycles. The number of carbonyl (C=O) groups is 1. The summed E-state index contributed by atoms with van der Waals surface area (Å²) in [5, 5.41) is 3.45. The van der Waals surface area contributed by atoms with Crippen molar-refractivity contribution in [1.82, 2.24) is 10.2 Å². The van der Waals surface area contributed by atoms with Crippen LogP contribution in [0.4, 0.5) is 0 Å². The molecular weight excluding hydrogens is 252 g/mol. The summed E-state index contributed by atoms with van der Waals surface area (Å²) in [4.78, 5) is 14.3. The van der Waals surface area contributed by atoms with E-state index in [9.17, 15) is 4.79 Å². The molecule has 1 aliphatic heterocycles. The Morgan fingerprint density at radius 1 is 1.30 bits per heavy atom. The summed E-state index contributed by atoms with van der Waals surface area (Å²) in [5.74, 6) is 0.684. The third-order valence-electron chi connectivity index (χ3n) is 4.57. The van der Waals surface area contributed by atoms with Crippen molar-refractivity contribution in [2.45, 2.75) is 77.6 Å². The molecule has 0 radical (unpaired) electrons. The Balaban J connectivity index is 1.81. The number of nitrogens with one attached hydrogen (secondary N) is 1. The molecule has 2 fully saturated rings. The van der Waals surface area contributed by atoms with Crippen LogP contribution < -0.4 is 5.32 Å². The van der Waals surface area contributed by atoms with E-state index in [2.05, 4.69) is 26.1 Å². The first-order valence-corrected chi connectivity index (χ1v) is 8.31. The average molecular weight is 282 g/mol. The molecule has 0 spiro atoms. The largest absolute Gasteiger partial charge is 0.376 e. The molecule has 20 heavy (non-hydrogen) atoms. The van der Waals surface area contributed by atoms with Crippen molar-refractivity contribution < 1.29 is 9.53 Å². The average Bonchev–Trinajstić information content (AvgIpc) is 2.77. The van der Waals surface area contributed by atoms with Gasteiger partial charge in [-0.1, -0.05) is 40.0 Å². The molecule has 4 heteroatoms. The monoisotopic (exact) mass is 282 g/mol. The van der Waals surface area contributed by atoms with Gasteiger partial charge in [0.15, 0.2) is 0 Å². The van der Waals surface area contributed by atoms with E-state index >= 15 is 0 Å². The lowest BCUT2D eigenvalue weighted by atomic mass is 9.98. The Morgan fingerprint density at radius 3 is 2.60 bits per heavy atom. The van der Waals surface area contributed by atoms with Gasteiger partial charge in [-0.15, -0.1) is 0 Å². The van der Waals surface area contributed by atoms with E-state index < -0.39 is 0 Å². The molecule has 0 aromatic carbocycles. The highest BCUT2D eigenvalue weighted by molar-refractivity contribution is 5.84. The van der Waals surface area contributed by atoms with Crippen LogP contribution in [0.1, 0.15) is 59.3 Å². The van der Waals surface area contributed by atoms with E-state index in [1.807, 2.05) is 4.90 Å². The number of carbonyl (C=O) groups excluding carboxylic acids is 1. The van der Waals surface area contributed by atoms with E-state index in [0.717, 1.165) is 13.0 Å². The third kappa shape index (κ3) is 3.73. The fourth-order valence-corrected chi connectivity index (χ4v) is 3.35. The van der Waals surface area contributed by atoms with E-state index in [-0.39, 0.29) is 18.1 Å². The lowest BCUT2D eigenvalue weighted by Gasteiger charge is -2.28. The van der Waals surface area contributed by atoms with Gasteiger partial charge in [0.25, 0.3) is 0 Å². The first-order valence-electron chi connectivity index (χ1n) is 8.31. The van der Waals surface area contributed by atoms with Gasteiger partial charge < -0.3 is 9.64 Å². The minimum absolute atomic E-state index is 0.00270. The molecule has 1 saturated carbocycles. The molecule has 0 bridgehead atoms. The minimum Gasteiger partial charge on any atom is -0.376 e. The van der Waals surface area contributed by atoms with Crippen molar-refractivity contribution in [1.29, 1.82) is 0 Å². The van der Waals surface area contributed by atoms with Crippen LogP contribution in [-0.2, 0) is 9.53 Å². The summed E-state index contributed by atoms with van der Waals surface area (Å²) in [6.07, 6.45) is 7.78. The summed E-state index contributed by atoms with van der Waals surface area (Å²) in [5.41, 5.74) is 0. The Morgan fingerprint density at radius 2 is 2.00 bits per heavy atom. The number of ether oxygens (including phenoxy) is 1. The molecule has 1 aliphatic carbocycles. The van der Waals surface area contributed by atoms with Gasteiger partial charge in [-0.2, -0.15) is 0 Å². The number of hydrogen-bond donors (Lipinski definition) is 1. The molecule has 1 amide bonds. The van der Waals surface area contributed by atoms with Crippen molar-refractivity contribution in [3.8, 4) is 0 Å². The zero-order valence-electron chi connectivity index (χ0n) is 13.2. The van der Waals surface area contributed by atoms with Crippen molar-refractivity contribution in [3.05, 3.63) is 0 Å². The van der Waals surface area contributed by atoms with Crippen LogP contribution in [0, 0.1) is 5.92 Å². The molecule has 2 atom stereocenters. The van der Waals surface area contributed by atoms with Crippen molar-refractivity contribution in [2.24, 2.45) is 5.92 Å².